The van der Waals surface area contributed by atoms with Crippen LogP contribution >= 0.6 is 23.2 Å². The molecular formula is C15H19Cl2NO2. The van der Waals surface area contributed by atoms with Crippen molar-refractivity contribution in [2.75, 3.05) is 19.7 Å². The fourth-order valence-electron chi connectivity index (χ4n) is 2.40. The third-order valence-electron chi connectivity index (χ3n) is 3.77. The average molecular weight is 316 g/mol. The number of hydrogen-bond donors (Lipinski definition) is 1. The quantitative estimate of drug-likeness (QED) is 0.784. The van der Waals surface area contributed by atoms with Crippen molar-refractivity contribution in [3.63, 3.8) is 0 Å². The highest BCUT2D eigenvalue weighted by molar-refractivity contribution is 6.36. The minimum atomic E-state index is -0.0117. The van der Waals surface area contributed by atoms with Gasteiger partial charge in [0.2, 0.25) is 0 Å². The Morgan fingerprint density at radius 3 is 2.70 bits per heavy atom. The number of carbonyl (C=O) groups is 1. The van der Waals surface area contributed by atoms with Crippen LogP contribution in [0.4, 0.5) is 0 Å². The molecule has 1 N–H and O–H groups in total. The van der Waals surface area contributed by atoms with E-state index in [4.69, 9.17) is 28.3 Å². The average Bonchev–Trinajstić information content (AvgIpc) is 2.36. The molecule has 0 unspecified atom stereocenters. The Balaban J connectivity index is 2.04. The summed E-state index contributed by atoms with van der Waals surface area (Å²) in [5.74, 6) is -0.0117. The summed E-state index contributed by atoms with van der Waals surface area (Å²) in [6, 6.07) is 5.41. The maximum Gasteiger partial charge on any atom is 0.178 e. The molecule has 0 heterocycles. The number of hydrogen-bond acceptors (Lipinski definition) is 3. The van der Waals surface area contributed by atoms with E-state index in [2.05, 4.69) is 4.90 Å². The number of aliphatic hydroxyl groups is 1. The van der Waals surface area contributed by atoms with E-state index in [1.807, 2.05) is 0 Å². The molecule has 2 rings (SSSR count). The first kappa shape index (κ1) is 15.8. The molecule has 5 heteroatoms. The van der Waals surface area contributed by atoms with Crippen LogP contribution in [0.15, 0.2) is 18.2 Å². The molecule has 3 nitrogen and oxygen atoms in total. The zero-order valence-electron chi connectivity index (χ0n) is 11.3. The minimum absolute atomic E-state index is 0.0117. The lowest BCUT2D eigenvalue weighted by molar-refractivity contribution is 0.0788. The lowest BCUT2D eigenvalue weighted by Crippen LogP contribution is -2.43. The maximum absolute atomic E-state index is 12.4. The molecule has 0 saturated heterocycles. The largest absolute Gasteiger partial charge is 0.396 e. The van der Waals surface area contributed by atoms with Crippen molar-refractivity contribution in [2.24, 2.45) is 0 Å². The van der Waals surface area contributed by atoms with Gasteiger partial charge in [-0.15, -0.1) is 0 Å². The molecule has 0 aliphatic heterocycles. The molecule has 0 bridgehead atoms. The van der Waals surface area contributed by atoms with Crippen LogP contribution in [0.2, 0.25) is 10.0 Å². The molecule has 1 aromatic carbocycles. The third kappa shape index (κ3) is 3.95. The van der Waals surface area contributed by atoms with Crippen molar-refractivity contribution >= 4 is 29.0 Å². The lowest BCUT2D eigenvalue weighted by Gasteiger charge is -2.37. The summed E-state index contributed by atoms with van der Waals surface area (Å²) in [7, 11) is 0. The molecule has 110 valence electrons. The van der Waals surface area contributed by atoms with Crippen molar-refractivity contribution in [2.45, 2.75) is 31.7 Å². The van der Waals surface area contributed by atoms with Gasteiger partial charge in [-0.2, -0.15) is 0 Å². The second-order valence-electron chi connectivity index (χ2n) is 5.18. The van der Waals surface area contributed by atoms with E-state index in [1.54, 1.807) is 18.2 Å². The topological polar surface area (TPSA) is 40.5 Å². The van der Waals surface area contributed by atoms with Crippen LogP contribution in [-0.4, -0.2) is 41.5 Å². The number of aliphatic hydroxyl groups excluding tert-OH is 1. The second kappa shape index (κ2) is 7.41. The van der Waals surface area contributed by atoms with E-state index in [-0.39, 0.29) is 12.4 Å². The van der Waals surface area contributed by atoms with Gasteiger partial charge >= 0.3 is 0 Å². The van der Waals surface area contributed by atoms with Crippen LogP contribution in [0.25, 0.3) is 0 Å². The van der Waals surface area contributed by atoms with E-state index in [1.165, 1.54) is 6.42 Å². The van der Waals surface area contributed by atoms with E-state index in [0.29, 0.717) is 34.6 Å². The number of rotatable bonds is 7. The molecule has 1 aromatic rings. The van der Waals surface area contributed by atoms with Gasteiger partial charge in [-0.1, -0.05) is 29.6 Å². The number of nitrogens with zero attached hydrogens (tertiary/aromatic N) is 1. The van der Waals surface area contributed by atoms with Crippen molar-refractivity contribution in [3.05, 3.63) is 33.8 Å². The van der Waals surface area contributed by atoms with Crippen molar-refractivity contribution in [1.82, 2.24) is 4.90 Å². The fourth-order valence-corrected chi connectivity index (χ4v) is 2.79. The first-order chi connectivity index (χ1) is 9.61. The van der Waals surface area contributed by atoms with Crippen molar-refractivity contribution < 1.29 is 9.90 Å². The summed E-state index contributed by atoms with van der Waals surface area (Å²) in [5.41, 5.74) is 0.479. The normalized spacial score (nSPS) is 15.4. The summed E-state index contributed by atoms with van der Waals surface area (Å²) in [6.07, 6.45) is 4.16. The molecular weight excluding hydrogens is 297 g/mol. The van der Waals surface area contributed by atoms with Crippen LogP contribution in [0.1, 0.15) is 36.0 Å². The van der Waals surface area contributed by atoms with Gasteiger partial charge in [-0.3, -0.25) is 9.69 Å². The first-order valence-corrected chi connectivity index (χ1v) is 7.70. The number of ketones is 1. The summed E-state index contributed by atoms with van der Waals surface area (Å²) < 4.78 is 0. The van der Waals surface area contributed by atoms with Crippen molar-refractivity contribution in [3.8, 4) is 0 Å². The highest BCUT2D eigenvalue weighted by Gasteiger charge is 2.26. The Morgan fingerprint density at radius 2 is 2.10 bits per heavy atom. The molecule has 0 amide bonds. The molecule has 20 heavy (non-hydrogen) atoms. The number of halogens is 2. The van der Waals surface area contributed by atoms with E-state index in [9.17, 15) is 4.79 Å². The molecule has 0 spiro atoms. The molecule has 1 aliphatic rings. The number of benzene rings is 1. The van der Waals surface area contributed by atoms with E-state index >= 15 is 0 Å². The number of carbonyl (C=O) groups excluding carboxylic acids is 1. The van der Waals surface area contributed by atoms with Gasteiger partial charge < -0.3 is 5.11 Å². The van der Waals surface area contributed by atoms with Crippen LogP contribution in [0, 0.1) is 0 Å². The summed E-state index contributed by atoms with van der Waals surface area (Å²) in [5, 5.41) is 9.93. The van der Waals surface area contributed by atoms with Crippen LogP contribution < -0.4 is 0 Å². The molecule has 1 saturated carbocycles. The molecule has 0 radical (unpaired) electrons. The molecule has 1 aliphatic carbocycles. The van der Waals surface area contributed by atoms with Gasteiger partial charge in [0.05, 0.1) is 11.6 Å². The number of Topliss-reactive ketones (excluding diaryl/α,β-unsaturated/α-hetero) is 1. The molecule has 1 fully saturated rings. The Hall–Kier alpha value is -0.610. The highest BCUT2D eigenvalue weighted by Crippen LogP contribution is 2.26. The maximum atomic E-state index is 12.4. The Kier molecular flexibility index (Phi) is 5.85. The van der Waals surface area contributed by atoms with Gasteiger partial charge in [-0.25, -0.2) is 0 Å². The Bertz CT molecular complexity index is 475. The summed E-state index contributed by atoms with van der Waals surface area (Å²) in [4.78, 5) is 14.5. The SMILES string of the molecule is O=C(CN(CCCO)C1CCC1)c1cc(Cl)ccc1Cl. The second-order valence-corrected chi connectivity index (χ2v) is 6.02. The van der Waals surface area contributed by atoms with Gasteiger partial charge in [-0.05, 0) is 37.5 Å². The minimum Gasteiger partial charge on any atom is -0.396 e. The zero-order valence-corrected chi connectivity index (χ0v) is 12.8. The Morgan fingerprint density at radius 1 is 1.35 bits per heavy atom. The fraction of sp³-hybridized carbons (Fsp3) is 0.533. The van der Waals surface area contributed by atoms with Crippen LogP contribution in [0.3, 0.4) is 0 Å². The van der Waals surface area contributed by atoms with E-state index in [0.717, 1.165) is 19.4 Å². The first-order valence-electron chi connectivity index (χ1n) is 6.95. The predicted molar refractivity (Wildman–Crippen MR) is 81.7 cm³/mol. The van der Waals surface area contributed by atoms with Crippen molar-refractivity contribution in [1.29, 1.82) is 0 Å². The van der Waals surface area contributed by atoms with Gasteiger partial charge in [0, 0.05) is 29.8 Å². The summed E-state index contributed by atoms with van der Waals surface area (Å²) in [6.45, 7) is 1.23. The third-order valence-corrected chi connectivity index (χ3v) is 4.33. The highest BCUT2D eigenvalue weighted by atomic mass is 35.5. The van der Waals surface area contributed by atoms with E-state index < -0.39 is 0 Å². The lowest BCUT2D eigenvalue weighted by atomic mass is 9.91. The molecule has 0 atom stereocenters. The van der Waals surface area contributed by atoms with Gasteiger partial charge in [0.25, 0.3) is 0 Å². The summed E-state index contributed by atoms with van der Waals surface area (Å²) >= 11 is 12.0. The van der Waals surface area contributed by atoms with Gasteiger partial charge in [0.1, 0.15) is 0 Å². The van der Waals surface area contributed by atoms with Gasteiger partial charge in [0.15, 0.2) is 5.78 Å². The van der Waals surface area contributed by atoms with Crippen LogP contribution in [-0.2, 0) is 0 Å². The Labute approximate surface area is 129 Å². The predicted octanol–water partition coefficient (Wildman–Crippen LogP) is 3.41. The smallest absolute Gasteiger partial charge is 0.178 e. The monoisotopic (exact) mass is 315 g/mol. The van der Waals surface area contributed by atoms with Crippen LogP contribution in [0.5, 0.6) is 0 Å². The zero-order chi connectivity index (χ0) is 14.5. The molecule has 0 aromatic heterocycles. The standard InChI is InChI=1S/C15H19Cl2NO2/c16-11-5-6-14(17)13(9-11)15(20)10-18(7-2-8-19)12-3-1-4-12/h5-6,9,12,19H,1-4,7-8,10H2.